The molecule has 0 heterocycles. The van der Waals surface area contributed by atoms with Crippen LogP contribution in [-0.2, 0) is 9.59 Å². The Bertz CT molecular complexity index is 550. The van der Waals surface area contributed by atoms with E-state index in [1.54, 1.807) is 7.05 Å². The van der Waals surface area contributed by atoms with E-state index < -0.39 is 0 Å². The van der Waals surface area contributed by atoms with Crippen LogP contribution in [0.5, 0.6) is 0 Å². The summed E-state index contributed by atoms with van der Waals surface area (Å²) in [5.74, 6) is 0.305. The number of rotatable bonds is 7. The molecule has 23 heavy (non-hydrogen) atoms. The van der Waals surface area contributed by atoms with Crippen molar-refractivity contribution in [2.24, 2.45) is 0 Å². The zero-order valence-corrected chi connectivity index (χ0v) is 14.4. The van der Waals surface area contributed by atoms with Crippen molar-refractivity contribution >= 4 is 17.5 Å². The van der Waals surface area contributed by atoms with Crippen LogP contribution in [0.2, 0.25) is 0 Å². The fourth-order valence-corrected chi connectivity index (χ4v) is 2.40. The molecule has 1 aliphatic carbocycles. The molecule has 0 saturated heterocycles. The third kappa shape index (κ3) is 5.27. The van der Waals surface area contributed by atoms with Gasteiger partial charge in [0, 0.05) is 18.8 Å². The second-order valence-corrected chi connectivity index (χ2v) is 6.68. The fraction of sp³-hybridized carbons (Fsp3) is 0.556. The summed E-state index contributed by atoms with van der Waals surface area (Å²) in [6.07, 6.45) is 2.10. The summed E-state index contributed by atoms with van der Waals surface area (Å²) >= 11 is 0. The quantitative estimate of drug-likeness (QED) is 0.811. The molecule has 1 unspecified atom stereocenters. The van der Waals surface area contributed by atoms with E-state index in [0.29, 0.717) is 12.0 Å². The van der Waals surface area contributed by atoms with Crippen molar-refractivity contribution in [2.45, 2.75) is 51.6 Å². The van der Waals surface area contributed by atoms with E-state index in [1.165, 1.54) is 10.5 Å². The van der Waals surface area contributed by atoms with Gasteiger partial charge in [-0.15, -0.1) is 0 Å². The molecule has 1 aromatic carbocycles. The third-order valence-corrected chi connectivity index (χ3v) is 4.03. The molecule has 5 heteroatoms. The average Bonchev–Trinajstić information content (AvgIpc) is 3.30. The Labute approximate surface area is 138 Å². The van der Waals surface area contributed by atoms with E-state index in [1.807, 2.05) is 19.1 Å². The number of amides is 2. The molecule has 126 valence electrons. The molecule has 5 nitrogen and oxygen atoms in total. The van der Waals surface area contributed by atoms with Crippen molar-refractivity contribution in [3.8, 4) is 0 Å². The lowest BCUT2D eigenvalue weighted by Crippen LogP contribution is -2.44. The summed E-state index contributed by atoms with van der Waals surface area (Å²) in [4.78, 5) is 25.6. The number of nitrogens with one attached hydrogen (secondary N) is 2. The zero-order chi connectivity index (χ0) is 17.0. The van der Waals surface area contributed by atoms with Gasteiger partial charge in [0.15, 0.2) is 0 Å². The SMILES string of the molecule is CC(Nc1ccc(C(C)C)cc1)C(=O)N(C)CC(=O)NC1CC1. The summed E-state index contributed by atoms with van der Waals surface area (Å²) in [6, 6.07) is 8.05. The van der Waals surface area contributed by atoms with Gasteiger partial charge in [0.1, 0.15) is 6.04 Å². The Morgan fingerprint density at radius 1 is 1.17 bits per heavy atom. The molecule has 0 radical (unpaired) electrons. The highest BCUT2D eigenvalue weighted by Gasteiger charge is 2.25. The van der Waals surface area contributed by atoms with E-state index in [-0.39, 0.29) is 24.4 Å². The second-order valence-electron chi connectivity index (χ2n) is 6.68. The van der Waals surface area contributed by atoms with Crippen LogP contribution in [-0.4, -0.2) is 42.4 Å². The Balaban J connectivity index is 1.84. The smallest absolute Gasteiger partial charge is 0.244 e. The van der Waals surface area contributed by atoms with E-state index >= 15 is 0 Å². The highest BCUT2D eigenvalue weighted by molar-refractivity contribution is 5.88. The lowest BCUT2D eigenvalue weighted by molar-refractivity contribution is -0.135. The van der Waals surface area contributed by atoms with Crippen LogP contribution >= 0.6 is 0 Å². The predicted octanol–water partition coefficient (Wildman–Crippen LogP) is 2.35. The van der Waals surface area contributed by atoms with Gasteiger partial charge in [-0.1, -0.05) is 26.0 Å². The lowest BCUT2D eigenvalue weighted by atomic mass is 10.0. The van der Waals surface area contributed by atoms with Gasteiger partial charge < -0.3 is 15.5 Å². The van der Waals surface area contributed by atoms with Gasteiger partial charge in [-0.3, -0.25) is 9.59 Å². The Hall–Kier alpha value is -2.04. The van der Waals surface area contributed by atoms with Crippen molar-refractivity contribution in [3.05, 3.63) is 29.8 Å². The standard InChI is InChI=1S/C18H27N3O2/c1-12(2)14-5-7-15(8-6-14)19-13(3)18(23)21(4)11-17(22)20-16-9-10-16/h5-8,12-13,16,19H,9-11H2,1-4H3,(H,20,22). The number of carbonyl (C=O) groups excluding carboxylic acids is 2. The Morgan fingerprint density at radius 2 is 1.78 bits per heavy atom. The minimum absolute atomic E-state index is 0.0863. The topological polar surface area (TPSA) is 61.4 Å². The van der Waals surface area contributed by atoms with Gasteiger partial charge in [0.05, 0.1) is 6.54 Å². The Kier molecular flexibility index (Phi) is 5.64. The van der Waals surface area contributed by atoms with Gasteiger partial charge in [0.25, 0.3) is 0 Å². The first-order valence-electron chi connectivity index (χ1n) is 8.27. The minimum atomic E-state index is -0.376. The third-order valence-electron chi connectivity index (χ3n) is 4.03. The molecule has 0 spiro atoms. The molecule has 2 amide bonds. The van der Waals surface area contributed by atoms with Crippen LogP contribution in [0, 0.1) is 0 Å². The van der Waals surface area contributed by atoms with E-state index in [9.17, 15) is 9.59 Å². The van der Waals surface area contributed by atoms with Gasteiger partial charge in [-0.25, -0.2) is 0 Å². The molecule has 0 aliphatic heterocycles. The van der Waals surface area contributed by atoms with Crippen molar-refractivity contribution in [2.75, 3.05) is 18.9 Å². The van der Waals surface area contributed by atoms with Crippen LogP contribution < -0.4 is 10.6 Å². The van der Waals surface area contributed by atoms with E-state index in [0.717, 1.165) is 18.5 Å². The molecule has 0 aromatic heterocycles. The zero-order valence-electron chi connectivity index (χ0n) is 14.4. The number of carbonyl (C=O) groups is 2. The Morgan fingerprint density at radius 3 is 2.30 bits per heavy atom. The van der Waals surface area contributed by atoms with Crippen LogP contribution in [0.15, 0.2) is 24.3 Å². The summed E-state index contributed by atoms with van der Waals surface area (Å²) in [5, 5.41) is 6.08. The average molecular weight is 317 g/mol. The number of nitrogens with zero attached hydrogens (tertiary/aromatic N) is 1. The highest BCUT2D eigenvalue weighted by atomic mass is 16.2. The number of anilines is 1. The van der Waals surface area contributed by atoms with E-state index in [2.05, 4.69) is 36.6 Å². The van der Waals surface area contributed by atoms with Gasteiger partial charge in [-0.05, 0) is 43.4 Å². The maximum absolute atomic E-state index is 12.3. The molecular weight excluding hydrogens is 290 g/mol. The highest BCUT2D eigenvalue weighted by Crippen LogP contribution is 2.19. The van der Waals surface area contributed by atoms with Crippen LogP contribution in [0.4, 0.5) is 5.69 Å². The van der Waals surface area contributed by atoms with Crippen molar-refractivity contribution < 1.29 is 9.59 Å². The normalized spacial score (nSPS) is 15.2. The molecule has 2 rings (SSSR count). The second kappa shape index (κ2) is 7.49. The number of likely N-dealkylation sites (N-methyl/N-ethyl adjacent to an activating group) is 1. The van der Waals surface area contributed by atoms with Crippen LogP contribution in [0.25, 0.3) is 0 Å². The monoisotopic (exact) mass is 317 g/mol. The van der Waals surface area contributed by atoms with Gasteiger partial charge >= 0.3 is 0 Å². The minimum Gasteiger partial charge on any atom is -0.374 e. The molecule has 0 bridgehead atoms. The predicted molar refractivity (Wildman–Crippen MR) is 92.4 cm³/mol. The van der Waals surface area contributed by atoms with Gasteiger partial charge in [0.2, 0.25) is 11.8 Å². The first kappa shape index (κ1) is 17.3. The summed E-state index contributed by atoms with van der Waals surface area (Å²) in [6.45, 7) is 6.22. The maximum Gasteiger partial charge on any atom is 0.244 e. The molecule has 1 atom stereocenters. The van der Waals surface area contributed by atoms with Crippen molar-refractivity contribution in [3.63, 3.8) is 0 Å². The first-order valence-corrected chi connectivity index (χ1v) is 8.27. The summed E-state index contributed by atoms with van der Waals surface area (Å²) in [7, 11) is 1.66. The first-order chi connectivity index (χ1) is 10.9. The number of benzene rings is 1. The van der Waals surface area contributed by atoms with Crippen LogP contribution in [0.1, 0.15) is 45.1 Å². The molecule has 1 aromatic rings. The van der Waals surface area contributed by atoms with Crippen molar-refractivity contribution in [1.82, 2.24) is 10.2 Å². The fourth-order valence-electron chi connectivity index (χ4n) is 2.40. The molecule has 1 aliphatic rings. The molecular formula is C18H27N3O2. The van der Waals surface area contributed by atoms with E-state index in [4.69, 9.17) is 0 Å². The van der Waals surface area contributed by atoms with Gasteiger partial charge in [-0.2, -0.15) is 0 Å². The summed E-state index contributed by atoms with van der Waals surface area (Å²) < 4.78 is 0. The molecule has 1 fully saturated rings. The molecule has 1 saturated carbocycles. The number of hydrogen-bond donors (Lipinski definition) is 2. The number of hydrogen-bond acceptors (Lipinski definition) is 3. The van der Waals surface area contributed by atoms with Crippen LogP contribution in [0.3, 0.4) is 0 Å². The molecule has 2 N–H and O–H groups in total. The lowest BCUT2D eigenvalue weighted by Gasteiger charge is -2.22. The maximum atomic E-state index is 12.3. The largest absolute Gasteiger partial charge is 0.374 e. The summed E-state index contributed by atoms with van der Waals surface area (Å²) in [5.41, 5.74) is 2.18. The van der Waals surface area contributed by atoms with Crippen molar-refractivity contribution in [1.29, 1.82) is 0 Å².